The van der Waals surface area contributed by atoms with Crippen LogP contribution in [-0.4, -0.2) is 46.2 Å². The van der Waals surface area contributed by atoms with Gasteiger partial charge in [-0.15, -0.1) is 0 Å². The van der Waals surface area contributed by atoms with Crippen LogP contribution in [0.4, 0.5) is 8.78 Å². The molecule has 1 saturated carbocycles. The molecule has 7 rings (SSSR count). The molecule has 2 aromatic carbocycles. The molecule has 2 aliphatic rings. The number of aromatic nitrogens is 5. The van der Waals surface area contributed by atoms with Gasteiger partial charge in [0.15, 0.2) is 0 Å². The van der Waals surface area contributed by atoms with Gasteiger partial charge >= 0.3 is 0 Å². The van der Waals surface area contributed by atoms with Crippen LogP contribution in [0.5, 0.6) is 0 Å². The van der Waals surface area contributed by atoms with Gasteiger partial charge in [-0.1, -0.05) is 6.07 Å². The third kappa shape index (κ3) is 4.52. The maximum absolute atomic E-state index is 14.8. The first-order valence-corrected chi connectivity index (χ1v) is 14.1. The Morgan fingerprint density at radius 1 is 1.07 bits per heavy atom. The molecule has 0 radical (unpaired) electrons. The molecule has 12 heteroatoms. The van der Waals surface area contributed by atoms with Crippen LogP contribution in [0.3, 0.4) is 0 Å². The Bertz CT molecular complexity index is 1780. The van der Waals surface area contributed by atoms with Crippen molar-refractivity contribution in [2.45, 2.75) is 30.8 Å². The van der Waals surface area contributed by atoms with Gasteiger partial charge in [-0.25, -0.2) is 27.7 Å². The first kappa shape index (κ1) is 25.1. The smallest absolute Gasteiger partial charge is 0.232 e. The van der Waals surface area contributed by atoms with Crippen molar-refractivity contribution in [3.8, 4) is 28.1 Å². The molecule has 204 valence electrons. The number of nitrogens with one attached hydrogen (secondary N) is 2. The molecule has 0 bridgehead atoms. The summed E-state index contributed by atoms with van der Waals surface area (Å²) in [5.74, 6) is -0.917. The van der Waals surface area contributed by atoms with Crippen LogP contribution in [0, 0.1) is 11.6 Å². The zero-order valence-electron chi connectivity index (χ0n) is 21.2. The summed E-state index contributed by atoms with van der Waals surface area (Å²) in [5, 5.41) is 7.92. The number of imidazole rings is 1. The Morgan fingerprint density at radius 2 is 1.95 bits per heavy atom. The van der Waals surface area contributed by atoms with E-state index >= 15 is 0 Å². The highest BCUT2D eigenvalue weighted by molar-refractivity contribution is 7.77. The van der Waals surface area contributed by atoms with Crippen molar-refractivity contribution in [2.24, 2.45) is 0 Å². The summed E-state index contributed by atoms with van der Waals surface area (Å²) in [6.45, 7) is 1.90. The third-order valence-electron chi connectivity index (χ3n) is 7.71. The number of halogens is 2. The van der Waals surface area contributed by atoms with E-state index < -0.39 is 28.4 Å². The Hall–Kier alpha value is -3.84. The maximum Gasteiger partial charge on any atom is 0.232 e. The van der Waals surface area contributed by atoms with Crippen LogP contribution in [0.15, 0.2) is 67.3 Å². The highest BCUT2D eigenvalue weighted by Gasteiger charge is 2.47. The van der Waals surface area contributed by atoms with Crippen LogP contribution in [0.2, 0.25) is 0 Å². The Balaban J connectivity index is 1.30. The van der Waals surface area contributed by atoms with E-state index in [2.05, 4.69) is 26.3 Å². The second-order valence-corrected chi connectivity index (χ2v) is 11.0. The van der Waals surface area contributed by atoms with Crippen molar-refractivity contribution in [1.29, 1.82) is 0 Å². The molecule has 0 amide bonds. The first-order valence-electron chi connectivity index (χ1n) is 13.0. The Morgan fingerprint density at radius 3 is 2.70 bits per heavy atom. The van der Waals surface area contributed by atoms with Crippen molar-refractivity contribution in [1.82, 2.24) is 34.4 Å². The molecular formula is C28H25F2N7O2S. The molecule has 0 spiro atoms. The van der Waals surface area contributed by atoms with Gasteiger partial charge in [0.1, 0.15) is 23.8 Å². The minimum Gasteiger partial charge on any atom is -0.315 e. The minimum absolute atomic E-state index is 0.202. The van der Waals surface area contributed by atoms with Gasteiger partial charge in [-0.05, 0) is 73.3 Å². The normalized spacial score (nSPS) is 18.8. The summed E-state index contributed by atoms with van der Waals surface area (Å²) in [6.07, 6.45) is 7.80. The molecule has 40 heavy (non-hydrogen) atoms. The van der Waals surface area contributed by atoms with E-state index in [-0.39, 0.29) is 5.56 Å². The number of benzene rings is 2. The molecule has 2 atom stereocenters. The lowest BCUT2D eigenvalue weighted by Gasteiger charge is -2.18. The van der Waals surface area contributed by atoms with Gasteiger partial charge in [0, 0.05) is 29.9 Å². The van der Waals surface area contributed by atoms with Gasteiger partial charge in [0.25, 0.3) is 0 Å². The largest absolute Gasteiger partial charge is 0.315 e. The number of fused-ring (bicyclic) bond motifs is 1. The lowest BCUT2D eigenvalue weighted by atomic mass is 10.0. The van der Waals surface area contributed by atoms with Gasteiger partial charge < -0.3 is 5.32 Å². The molecule has 3 N–H and O–H groups in total. The standard InChI is InChI=1S/C28H25F2N7O2S/c29-20-2-3-22(23(30)12-20)18-10-26(28(6-7-28)35-40(38)39)34-27(11-18)36-16-32-24-9-17(1-4-25(24)36)19-13-33-37(15-19)21-5-8-31-14-21/h1-4,9-13,15-16,21,31,35H,5-8,14H2,(H,38,39). The molecule has 1 saturated heterocycles. The lowest BCUT2D eigenvalue weighted by Crippen LogP contribution is -2.31. The summed E-state index contributed by atoms with van der Waals surface area (Å²) in [7, 11) is 0. The topological polar surface area (TPSA) is 110 Å². The van der Waals surface area contributed by atoms with E-state index in [0.29, 0.717) is 36.0 Å². The van der Waals surface area contributed by atoms with Crippen LogP contribution in [0.1, 0.15) is 31.0 Å². The fraction of sp³-hybridized carbons (Fsp3) is 0.250. The number of hydrogen-bond acceptors (Lipinski definition) is 5. The zero-order chi connectivity index (χ0) is 27.4. The van der Waals surface area contributed by atoms with Crippen LogP contribution in [-0.2, 0) is 16.8 Å². The molecule has 4 heterocycles. The van der Waals surface area contributed by atoms with Gasteiger partial charge in [0.05, 0.1) is 34.5 Å². The maximum atomic E-state index is 14.8. The van der Waals surface area contributed by atoms with E-state index in [4.69, 9.17) is 4.98 Å². The van der Waals surface area contributed by atoms with Crippen molar-refractivity contribution in [2.75, 3.05) is 13.1 Å². The second-order valence-electron chi connectivity index (χ2n) is 10.3. The van der Waals surface area contributed by atoms with Crippen molar-refractivity contribution < 1.29 is 17.5 Å². The summed E-state index contributed by atoms with van der Waals surface area (Å²) in [4.78, 5) is 9.42. The Kier molecular flexibility index (Phi) is 6.08. The predicted molar refractivity (Wildman–Crippen MR) is 147 cm³/mol. The predicted octanol–water partition coefficient (Wildman–Crippen LogP) is 4.48. The highest BCUT2D eigenvalue weighted by Crippen LogP contribution is 2.46. The summed E-state index contributed by atoms with van der Waals surface area (Å²) < 4.78 is 56.1. The van der Waals surface area contributed by atoms with Gasteiger partial charge in [-0.2, -0.15) is 5.10 Å². The van der Waals surface area contributed by atoms with Gasteiger partial charge in [-0.3, -0.25) is 13.8 Å². The van der Waals surface area contributed by atoms with Crippen LogP contribution in [0.25, 0.3) is 39.1 Å². The highest BCUT2D eigenvalue weighted by atomic mass is 32.2. The van der Waals surface area contributed by atoms with E-state index in [9.17, 15) is 17.5 Å². The molecule has 1 aliphatic heterocycles. The average Bonchev–Trinajstić information content (AvgIpc) is 3.35. The molecule has 2 fully saturated rings. The molecule has 3 aromatic heterocycles. The molecular weight excluding hydrogens is 536 g/mol. The van der Waals surface area contributed by atoms with E-state index in [1.807, 2.05) is 29.1 Å². The fourth-order valence-electron chi connectivity index (χ4n) is 5.39. The summed E-state index contributed by atoms with van der Waals surface area (Å²) in [5.41, 5.74) is 3.88. The molecule has 9 nitrogen and oxygen atoms in total. The second kappa shape index (κ2) is 9.66. The zero-order valence-corrected chi connectivity index (χ0v) is 22.0. The van der Waals surface area contributed by atoms with E-state index in [1.165, 1.54) is 12.1 Å². The van der Waals surface area contributed by atoms with Crippen molar-refractivity contribution >= 4 is 22.3 Å². The van der Waals surface area contributed by atoms with Crippen molar-refractivity contribution in [3.05, 3.63) is 84.6 Å². The van der Waals surface area contributed by atoms with E-state index in [0.717, 1.165) is 47.7 Å². The van der Waals surface area contributed by atoms with Crippen LogP contribution < -0.4 is 10.0 Å². The molecule has 1 aliphatic carbocycles. The third-order valence-corrected chi connectivity index (χ3v) is 8.28. The number of pyridine rings is 1. The quantitative estimate of drug-likeness (QED) is 0.253. The monoisotopic (exact) mass is 561 g/mol. The lowest BCUT2D eigenvalue weighted by molar-refractivity contribution is 0.491. The van der Waals surface area contributed by atoms with E-state index in [1.54, 1.807) is 23.0 Å². The number of nitrogens with zero attached hydrogens (tertiary/aromatic N) is 5. The minimum atomic E-state index is -2.26. The molecule has 2 unspecified atom stereocenters. The molecule has 5 aromatic rings. The summed E-state index contributed by atoms with van der Waals surface area (Å²) in [6, 6.07) is 13.1. The fourth-order valence-corrected chi connectivity index (χ4v) is 6.04. The number of hydrogen-bond donors (Lipinski definition) is 3. The Labute approximate surface area is 230 Å². The van der Waals surface area contributed by atoms with Crippen molar-refractivity contribution in [3.63, 3.8) is 0 Å². The average molecular weight is 562 g/mol. The van der Waals surface area contributed by atoms with Crippen LogP contribution >= 0.6 is 0 Å². The summed E-state index contributed by atoms with van der Waals surface area (Å²) >= 11 is -2.26. The first-order chi connectivity index (χ1) is 19.4. The SMILES string of the molecule is O=S(O)NC1(c2cc(-c3ccc(F)cc3F)cc(-n3cnc4cc(-c5cnn(C6CCNC6)c5)ccc43)n2)CC1. The number of rotatable bonds is 7. The van der Waals surface area contributed by atoms with Gasteiger partial charge in [0.2, 0.25) is 11.3 Å².